The van der Waals surface area contributed by atoms with Crippen LogP contribution in [0.1, 0.15) is 31.7 Å². The first-order chi connectivity index (χ1) is 7.15. The highest BCUT2D eigenvalue weighted by molar-refractivity contribution is 7.09. The normalized spacial score (nSPS) is 14.6. The third kappa shape index (κ3) is 3.60. The Labute approximate surface area is 94.1 Å². The fraction of sp³-hybridized carbons (Fsp3) is 0.600. The van der Waals surface area contributed by atoms with Crippen LogP contribution >= 0.6 is 11.3 Å². The molecule has 1 amide bonds. The molecule has 1 heterocycles. The lowest BCUT2D eigenvalue weighted by atomic mass is 10.2. The lowest BCUT2D eigenvalue weighted by molar-refractivity contribution is -0.122. The zero-order valence-corrected chi connectivity index (χ0v) is 10.1. The molecule has 0 spiro atoms. The Morgan fingerprint density at radius 1 is 1.60 bits per heavy atom. The summed E-state index contributed by atoms with van der Waals surface area (Å²) in [6.07, 6.45) is 1.83. The van der Waals surface area contributed by atoms with Gasteiger partial charge >= 0.3 is 0 Å². The number of hydrogen-bond donors (Lipinski definition) is 2. The van der Waals surface area contributed by atoms with Crippen molar-refractivity contribution in [3.05, 3.63) is 16.6 Å². The van der Waals surface area contributed by atoms with Crippen molar-refractivity contribution in [3.63, 3.8) is 0 Å². The first-order valence-electron chi connectivity index (χ1n) is 5.07. The average Bonchev–Trinajstić information content (AvgIpc) is 2.70. The van der Waals surface area contributed by atoms with Crippen LogP contribution < -0.4 is 10.6 Å². The highest BCUT2D eigenvalue weighted by Gasteiger charge is 2.15. The van der Waals surface area contributed by atoms with Gasteiger partial charge in [-0.2, -0.15) is 0 Å². The van der Waals surface area contributed by atoms with Crippen LogP contribution in [0, 0.1) is 0 Å². The quantitative estimate of drug-likeness (QED) is 0.797. The second-order valence-corrected chi connectivity index (χ2v) is 4.33. The van der Waals surface area contributed by atoms with Gasteiger partial charge < -0.3 is 5.32 Å². The van der Waals surface area contributed by atoms with Crippen LogP contribution in [0.3, 0.4) is 0 Å². The van der Waals surface area contributed by atoms with E-state index in [1.807, 2.05) is 27.0 Å². The van der Waals surface area contributed by atoms with Gasteiger partial charge in [0, 0.05) is 23.7 Å². The number of thiazole rings is 1. The molecule has 0 aliphatic rings. The largest absolute Gasteiger partial charge is 0.355 e. The van der Waals surface area contributed by atoms with E-state index < -0.39 is 0 Å². The molecular formula is C10H17N3OS. The van der Waals surface area contributed by atoms with Gasteiger partial charge in [0.2, 0.25) is 5.91 Å². The number of amides is 1. The Morgan fingerprint density at radius 3 is 2.87 bits per heavy atom. The van der Waals surface area contributed by atoms with Gasteiger partial charge in [0.1, 0.15) is 0 Å². The van der Waals surface area contributed by atoms with E-state index in [0.717, 1.165) is 4.88 Å². The van der Waals surface area contributed by atoms with Gasteiger partial charge in [-0.1, -0.05) is 0 Å². The Bertz CT molecular complexity index is 300. The van der Waals surface area contributed by atoms with E-state index in [0.29, 0.717) is 6.54 Å². The molecule has 2 atom stereocenters. The molecule has 0 radical (unpaired) electrons. The van der Waals surface area contributed by atoms with Crippen LogP contribution in [0.4, 0.5) is 0 Å². The van der Waals surface area contributed by atoms with E-state index >= 15 is 0 Å². The first kappa shape index (κ1) is 12.1. The first-order valence-corrected chi connectivity index (χ1v) is 5.95. The third-order valence-corrected chi connectivity index (χ3v) is 3.08. The van der Waals surface area contributed by atoms with Crippen molar-refractivity contribution in [2.24, 2.45) is 0 Å². The van der Waals surface area contributed by atoms with Crippen molar-refractivity contribution < 1.29 is 4.79 Å². The smallest absolute Gasteiger partial charge is 0.236 e. The van der Waals surface area contributed by atoms with Crippen LogP contribution in [0.25, 0.3) is 0 Å². The number of likely N-dealkylation sites (N-methyl/N-ethyl adjacent to an activating group) is 1. The molecule has 0 aliphatic heterocycles. The summed E-state index contributed by atoms with van der Waals surface area (Å²) in [6.45, 7) is 6.47. The lowest BCUT2D eigenvalue weighted by Crippen LogP contribution is -2.42. The molecule has 84 valence electrons. The topological polar surface area (TPSA) is 54.0 Å². The van der Waals surface area contributed by atoms with Crippen molar-refractivity contribution in [2.45, 2.75) is 32.9 Å². The van der Waals surface area contributed by atoms with Crippen molar-refractivity contribution in [3.8, 4) is 0 Å². The highest BCUT2D eigenvalue weighted by Crippen LogP contribution is 2.16. The minimum absolute atomic E-state index is 0.0360. The van der Waals surface area contributed by atoms with Crippen molar-refractivity contribution >= 4 is 17.2 Å². The monoisotopic (exact) mass is 227 g/mol. The van der Waals surface area contributed by atoms with Crippen molar-refractivity contribution in [2.75, 3.05) is 6.54 Å². The summed E-state index contributed by atoms with van der Waals surface area (Å²) in [5, 5.41) is 6.01. The lowest BCUT2D eigenvalue weighted by Gasteiger charge is -2.17. The number of rotatable bonds is 5. The Balaban J connectivity index is 2.44. The fourth-order valence-corrected chi connectivity index (χ4v) is 1.94. The van der Waals surface area contributed by atoms with Gasteiger partial charge in [-0.15, -0.1) is 11.3 Å². The summed E-state index contributed by atoms with van der Waals surface area (Å²) in [7, 11) is 0. The number of carbonyl (C=O) groups is 1. The molecule has 5 heteroatoms. The number of carbonyl (C=O) groups excluding carboxylic acids is 1. The molecule has 1 aromatic heterocycles. The number of nitrogens with one attached hydrogen (secondary N) is 2. The zero-order valence-electron chi connectivity index (χ0n) is 9.28. The SMILES string of the molecule is CCNC(=O)C(C)NC(C)c1cncs1. The zero-order chi connectivity index (χ0) is 11.3. The second kappa shape index (κ2) is 5.82. The van der Waals surface area contributed by atoms with Crippen LogP contribution in [0.15, 0.2) is 11.7 Å². The summed E-state index contributed by atoms with van der Waals surface area (Å²) in [4.78, 5) is 16.6. The summed E-state index contributed by atoms with van der Waals surface area (Å²) in [5.41, 5.74) is 1.80. The van der Waals surface area contributed by atoms with Crippen LogP contribution in [-0.2, 0) is 4.79 Å². The van der Waals surface area contributed by atoms with E-state index in [1.54, 1.807) is 16.8 Å². The number of nitrogens with zero attached hydrogens (tertiary/aromatic N) is 1. The molecule has 15 heavy (non-hydrogen) atoms. The molecule has 2 N–H and O–H groups in total. The summed E-state index contributed by atoms with van der Waals surface area (Å²) < 4.78 is 0. The molecule has 0 fully saturated rings. The Hall–Kier alpha value is -0.940. The summed E-state index contributed by atoms with van der Waals surface area (Å²) in [6, 6.07) is -0.0165. The van der Waals surface area contributed by atoms with E-state index in [9.17, 15) is 4.79 Å². The van der Waals surface area contributed by atoms with Gasteiger partial charge in [0.25, 0.3) is 0 Å². The van der Waals surface area contributed by atoms with E-state index in [4.69, 9.17) is 0 Å². The Morgan fingerprint density at radius 2 is 2.33 bits per heavy atom. The predicted molar refractivity (Wildman–Crippen MR) is 61.8 cm³/mol. The van der Waals surface area contributed by atoms with E-state index in [2.05, 4.69) is 15.6 Å². The van der Waals surface area contributed by atoms with Gasteiger partial charge in [-0.3, -0.25) is 15.1 Å². The Kier molecular flexibility index (Phi) is 4.71. The summed E-state index contributed by atoms with van der Waals surface area (Å²) in [5.74, 6) is 0.0360. The third-order valence-electron chi connectivity index (χ3n) is 2.12. The van der Waals surface area contributed by atoms with Crippen LogP contribution in [0.5, 0.6) is 0 Å². The van der Waals surface area contributed by atoms with Crippen LogP contribution in [-0.4, -0.2) is 23.5 Å². The maximum atomic E-state index is 11.5. The maximum Gasteiger partial charge on any atom is 0.236 e. The number of hydrogen-bond acceptors (Lipinski definition) is 4. The molecule has 1 rings (SSSR count). The maximum absolute atomic E-state index is 11.5. The van der Waals surface area contributed by atoms with Crippen molar-refractivity contribution in [1.29, 1.82) is 0 Å². The van der Waals surface area contributed by atoms with Crippen LogP contribution in [0.2, 0.25) is 0 Å². The van der Waals surface area contributed by atoms with Gasteiger partial charge in [0.15, 0.2) is 0 Å². The molecule has 0 aliphatic carbocycles. The fourth-order valence-electron chi connectivity index (χ4n) is 1.30. The minimum atomic E-state index is -0.179. The standard InChI is InChI=1S/C10H17N3OS/c1-4-12-10(14)8(3)13-7(2)9-5-11-6-15-9/h5-8,13H,4H2,1-3H3,(H,12,14). The minimum Gasteiger partial charge on any atom is -0.355 e. The second-order valence-electron chi connectivity index (χ2n) is 3.41. The van der Waals surface area contributed by atoms with Crippen molar-refractivity contribution in [1.82, 2.24) is 15.6 Å². The molecule has 0 aromatic carbocycles. The van der Waals surface area contributed by atoms with E-state index in [1.165, 1.54) is 0 Å². The molecule has 1 aromatic rings. The summed E-state index contributed by atoms with van der Waals surface area (Å²) >= 11 is 1.59. The average molecular weight is 227 g/mol. The van der Waals surface area contributed by atoms with E-state index in [-0.39, 0.29) is 18.0 Å². The predicted octanol–water partition coefficient (Wildman–Crippen LogP) is 1.32. The molecule has 2 unspecified atom stereocenters. The molecular weight excluding hydrogens is 210 g/mol. The van der Waals surface area contributed by atoms with Gasteiger partial charge in [0.05, 0.1) is 11.6 Å². The molecule has 0 saturated carbocycles. The highest BCUT2D eigenvalue weighted by atomic mass is 32.1. The number of aromatic nitrogens is 1. The van der Waals surface area contributed by atoms with Gasteiger partial charge in [-0.25, -0.2) is 0 Å². The molecule has 4 nitrogen and oxygen atoms in total. The van der Waals surface area contributed by atoms with Gasteiger partial charge in [-0.05, 0) is 20.8 Å². The molecule has 0 saturated heterocycles. The molecule has 0 bridgehead atoms.